The van der Waals surface area contributed by atoms with Gasteiger partial charge in [-0.3, -0.25) is 14.9 Å². The Morgan fingerprint density at radius 3 is 2.85 bits per heavy atom. The molecule has 8 heteroatoms. The van der Waals surface area contributed by atoms with Crippen LogP contribution in [-0.4, -0.2) is 23.5 Å². The van der Waals surface area contributed by atoms with Gasteiger partial charge in [0.2, 0.25) is 5.82 Å². The van der Waals surface area contributed by atoms with Gasteiger partial charge in [-0.05, 0) is 42.7 Å². The maximum Gasteiger partial charge on any atom is 0.327 e. The predicted octanol–water partition coefficient (Wildman–Crippen LogP) is 3.46. The number of carbonyl (C=O) groups excluding carboxylic acids is 1. The zero-order valence-electron chi connectivity index (χ0n) is 13.9. The number of hydrogen-bond donors (Lipinski definition) is 2. The van der Waals surface area contributed by atoms with Gasteiger partial charge in [0.25, 0.3) is 5.91 Å². The van der Waals surface area contributed by atoms with Crippen LogP contribution in [0.25, 0.3) is 0 Å². The Labute approximate surface area is 149 Å². The smallest absolute Gasteiger partial charge is 0.327 e. The number of nitrogens with zero attached hydrogens (tertiary/aromatic N) is 1. The summed E-state index contributed by atoms with van der Waals surface area (Å²) in [5.74, 6) is -1.08. The second-order valence-corrected chi connectivity index (χ2v) is 5.94. The Kier molecular flexibility index (Phi) is 5.43. The highest BCUT2D eigenvalue weighted by Crippen LogP contribution is 2.27. The van der Waals surface area contributed by atoms with Crippen LogP contribution in [-0.2, 0) is 16.1 Å². The Morgan fingerprint density at radius 1 is 1.31 bits per heavy atom. The second kappa shape index (κ2) is 7.92. The number of nitro groups is 1. The second-order valence-electron chi connectivity index (χ2n) is 5.94. The molecule has 7 nitrogen and oxygen atoms in total. The van der Waals surface area contributed by atoms with Crippen molar-refractivity contribution in [3.05, 3.63) is 64.0 Å². The summed E-state index contributed by atoms with van der Waals surface area (Å²) < 4.78 is 19.0. The van der Waals surface area contributed by atoms with Gasteiger partial charge in [0.1, 0.15) is 11.8 Å². The van der Waals surface area contributed by atoms with Crippen molar-refractivity contribution in [1.29, 1.82) is 0 Å². The number of nitrogens with one attached hydrogen (secondary N) is 2. The third-order valence-electron chi connectivity index (χ3n) is 4.07. The standard InChI is InChI=1S/C18H18FN3O4/c19-14-6-2-7-15(17(14)22(24)25)20-11-12-4-1-5-13(10-12)21-18(23)16-8-3-9-26-16/h1-2,4-7,10,16,20H,3,8-9,11H2,(H,21,23). The van der Waals surface area contributed by atoms with E-state index in [1.54, 1.807) is 24.3 Å². The van der Waals surface area contributed by atoms with Gasteiger partial charge in [-0.1, -0.05) is 18.2 Å². The van der Waals surface area contributed by atoms with Gasteiger partial charge >= 0.3 is 5.69 Å². The van der Waals surface area contributed by atoms with Crippen molar-refractivity contribution in [3.63, 3.8) is 0 Å². The average Bonchev–Trinajstić information content (AvgIpc) is 3.15. The third kappa shape index (κ3) is 4.15. The fourth-order valence-electron chi connectivity index (χ4n) is 2.81. The molecule has 2 aromatic carbocycles. The molecule has 3 rings (SSSR count). The lowest BCUT2D eigenvalue weighted by Gasteiger charge is -2.12. The molecule has 0 saturated carbocycles. The maximum atomic E-state index is 13.6. The molecule has 1 unspecified atom stereocenters. The van der Waals surface area contributed by atoms with Crippen molar-refractivity contribution in [2.75, 3.05) is 17.2 Å². The van der Waals surface area contributed by atoms with Crippen molar-refractivity contribution in [2.45, 2.75) is 25.5 Å². The molecular formula is C18H18FN3O4. The van der Waals surface area contributed by atoms with Crippen LogP contribution in [0.1, 0.15) is 18.4 Å². The normalized spacial score (nSPS) is 16.3. The topological polar surface area (TPSA) is 93.5 Å². The first-order valence-corrected chi connectivity index (χ1v) is 8.23. The average molecular weight is 359 g/mol. The molecule has 2 N–H and O–H groups in total. The van der Waals surface area contributed by atoms with Crippen LogP contribution in [0.5, 0.6) is 0 Å². The number of amides is 1. The summed E-state index contributed by atoms with van der Waals surface area (Å²) in [6.07, 6.45) is 1.15. The Balaban J connectivity index is 1.67. The summed E-state index contributed by atoms with van der Waals surface area (Å²) in [5.41, 5.74) is 0.909. The van der Waals surface area contributed by atoms with Gasteiger partial charge in [-0.15, -0.1) is 0 Å². The first-order valence-electron chi connectivity index (χ1n) is 8.23. The minimum Gasteiger partial charge on any atom is -0.375 e. The molecule has 2 aromatic rings. The van der Waals surface area contributed by atoms with Gasteiger partial charge in [-0.2, -0.15) is 4.39 Å². The molecule has 0 radical (unpaired) electrons. The summed E-state index contributed by atoms with van der Waals surface area (Å²) in [5, 5.41) is 16.7. The number of benzene rings is 2. The van der Waals surface area contributed by atoms with E-state index in [2.05, 4.69) is 10.6 Å². The quantitative estimate of drug-likeness (QED) is 0.608. The molecule has 1 heterocycles. The minimum atomic E-state index is -0.891. The van der Waals surface area contributed by atoms with Crippen LogP contribution in [0, 0.1) is 15.9 Å². The summed E-state index contributed by atoms with van der Waals surface area (Å²) in [7, 11) is 0. The number of rotatable bonds is 6. The highest BCUT2D eigenvalue weighted by Gasteiger charge is 2.23. The molecule has 0 bridgehead atoms. The van der Waals surface area contributed by atoms with Gasteiger partial charge in [-0.25, -0.2) is 0 Å². The van der Waals surface area contributed by atoms with Crippen LogP contribution >= 0.6 is 0 Å². The monoisotopic (exact) mass is 359 g/mol. The first-order chi connectivity index (χ1) is 12.5. The van der Waals surface area contributed by atoms with E-state index in [9.17, 15) is 19.3 Å². The molecule has 1 amide bonds. The summed E-state index contributed by atoms with van der Waals surface area (Å²) in [6, 6.07) is 11.0. The number of carbonyl (C=O) groups is 1. The molecule has 0 aromatic heterocycles. The molecule has 1 aliphatic rings. The first kappa shape index (κ1) is 17.8. The molecular weight excluding hydrogens is 341 g/mol. The minimum absolute atomic E-state index is 0.101. The Bertz CT molecular complexity index is 822. The van der Waals surface area contributed by atoms with E-state index in [-0.39, 0.29) is 18.1 Å². The molecule has 1 saturated heterocycles. The third-order valence-corrected chi connectivity index (χ3v) is 4.07. The SMILES string of the molecule is O=C(Nc1cccc(CNc2cccc(F)c2[N+](=O)[O-])c1)C1CCCO1. The van der Waals surface area contributed by atoms with Crippen LogP contribution in [0.15, 0.2) is 42.5 Å². The summed E-state index contributed by atoms with van der Waals surface area (Å²) in [6.45, 7) is 0.836. The lowest BCUT2D eigenvalue weighted by Crippen LogP contribution is -2.26. The van der Waals surface area contributed by atoms with E-state index < -0.39 is 22.5 Å². The lowest BCUT2D eigenvalue weighted by molar-refractivity contribution is -0.386. The zero-order chi connectivity index (χ0) is 18.5. The zero-order valence-corrected chi connectivity index (χ0v) is 13.9. The molecule has 1 aliphatic heterocycles. The van der Waals surface area contributed by atoms with E-state index in [4.69, 9.17) is 4.74 Å². The number of nitro benzene ring substituents is 1. The van der Waals surface area contributed by atoms with Crippen LogP contribution in [0.2, 0.25) is 0 Å². The van der Waals surface area contributed by atoms with Crippen LogP contribution in [0.3, 0.4) is 0 Å². The largest absolute Gasteiger partial charge is 0.375 e. The highest BCUT2D eigenvalue weighted by atomic mass is 19.1. The van der Waals surface area contributed by atoms with Crippen molar-refractivity contribution in [3.8, 4) is 0 Å². The molecule has 26 heavy (non-hydrogen) atoms. The number of ether oxygens (including phenoxy) is 1. The number of para-hydroxylation sites is 1. The van der Waals surface area contributed by atoms with Crippen LogP contribution < -0.4 is 10.6 Å². The van der Waals surface area contributed by atoms with Crippen LogP contribution in [0.4, 0.5) is 21.5 Å². The van der Waals surface area contributed by atoms with E-state index in [0.717, 1.165) is 18.1 Å². The number of hydrogen-bond acceptors (Lipinski definition) is 5. The van der Waals surface area contributed by atoms with Gasteiger partial charge < -0.3 is 15.4 Å². The predicted molar refractivity (Wildman–Crippen MR) is 94.4 cm³/mol. The molecule has 0 spiro atoms. The van der Waals surface area contributed by atoms with Gasteiger partial charge in [0, 0.05) is 18.8 Å². The summed E-state index contributed by atoms with van der Waals surface area (Å²) >= 11 is 0. The van der Waals surface area contributed by atoms with E-state index >= 15 is 0 Å². The van der Waals surface area contributed by atoms with Crippen molar-refractivity contribution in [2.24, 2.45) is 0 Å². The number of halogens is 1. The fraction of sp³-hybridized carbons (Fsp3) is 0.278. The maximum absolute atomic E-state index is 13.6. The van der Waals surface area contributed by atoms with E-state index in [1.165, 1.54) is 12.1 Å². The van der Waals surface area contributed by atoms with E-state index in [0.29, 0.717) is 18.7 Å². The van der Waals surface area contributed by atoms with Crippen molar-refractivity contribution < 1.29 is 18.8 Å². The van der Waals surface area contributed by atoms with Gasteiger partial charge in [0.15, 0.2) is 0 Å². The highest BCUT2D eigenvalue weighted by molar-refractivity contribution is 5.94. The van der Waals surface area contributed by atoms with Crippen molar-refractivity contribution >= 4 is 23.0 Å². The lowest BCUT2D eigenvalue weighted by atomic mass is 10.1. The van der Waals surface area contributed by atoms with Gasteiger partial charge in [0.05, 0.1) is 4.92 Å². The molecule has 1 atom stereocenters. The Morgan fingerprint density at radius 2 is 2.12 bits per heavy atom. The van der Waals surface area contributed by atoms with E-state index in [1.807, 2.05) is 0 Å². The fourth-order valence-corrected chi connectivity index (χ4v) is 2.81. The Hall–Kier alpha value is -3.00. The molecule has 0 aliphatic carbocycles. The molecule has 1 fully saturated rings. The molecule has 136 valence electrons. The van der Waals surface area contributed by atoms with Crippen molar-refractivity contribution in [1.82, 2.24) is 0 Å². The number of anilines is 2. The summed E-state index contributed by atoms with van der Waals surface area (Å²) in [4.78, 5) is 22.4.